The van der Waals surface area contributed by atoms with Crippen molar-refractivity contribution in [3.63, 3.8) is 0 Å². The van der Waals surface area contributed by atoms with Crippen molar-refractivity contribution in [2.75, 3.05) is 19.5 Å². The third-order valence-corrected chi connectivity index (χ3v) is 3.85. The molecule has 1 fully saturated rings. The van der Waals surface area contributed by atoms with Crippen molar-refractivity contribution in [1.29, 1.82) is 0 Å². The fourth-order valence-electron chi connectivity index (χ4n) is 2.65. The second-order valence-electron chi connectivity index (χ2n) is 5.28. The zero-order valence-electron chi connectivity index (χ0n) is 12.0. The van der Waals surface area contributed by atoms with E-state index in [4.69, 9.17) is 15.2 Å². The minimum absolute atomic E-state index is 0.372. The maximum atomic E-state index is 5.95. The molecule has 1 aliphatic rings. The molecule has 4 nitrogen and oxygen atoms in total. The van der Waals surface area contributed by atoms with E-state index >= 15 is 0 Å². The van der Waals surface area contributed by atoms with E-state index in [-0.39, 0.29) is 0 Å². The fourth-order valence-corrected chi connectivity index (χ4v) is 2.65. The molecule has 4 heteroatoms. The third kappa shape index (κ3) is 3.32. The van der Waals surface area contributed by atoms with E-state index in [1.807, 2.05) is 12.1 Å². The van der Waals surface area contributed by atoms with Crippen molar-refractivity contribution < 1.29 is 9.47 Å². The Balaban J connectivity index is 2.15. The molecule has 1 saturated carbocycles. The topological polar surface area (TPSA) is 56.5 Å². The second-order valence-corrected chi connectivity index (χ2v) is 5.28. The molecule has 2 rings (SSSR count). The number of ether oxygens (including phenoxy) is 2. The Morgan fingerprint density at radius 3 is 2.37 bits per heavy atom. The Morgan fingerprint density at radius 2 is 1.79 bits per heavy atom. The van der Waals surface area contributed by atoms with Crippen molar-refractivity contribution in [2.45, 2.75) is 44.7 Å². The first kappa shape index (κ1) is 14.0. The highest BCUT2D eigenvalue weighted by Gasteiger charge is 2.20. The van der Waals surface area contributed by atoms with Crippen LogP contribution in [0.25, 0.3) is 0 Å². The van der Waals surface area contributed by atoms with E-state index in [0.29, 0.717) is 12.1 Å². The van der Waals surface area contributed by atoms with E-state index < -0.39 is 0 Å². The average Bonchev–Trinajstić information content (AvgIpc) is 2.43. The quantitative estimate of drug-likeness (QED) is 0.878. The van der Waals surface area contributed by atoms with Gasteiger partial charge in [0.25, 0.3) is 0 Å². The monoisotopic (exact) mass is 264 g/mol. The van der Waals surface area contributed by atoms with Crippen LogP contribution in [0.5, 0.6) is 11.5 Å². The highest BCUT2D eigenvalue weighted by atomic mass is 16.5. The van der Waals surface area contributed by atoms with E-state index in [9.17, 15) is 0 Å². The lowest BCUT2D eigenvalue weighted by molar-refractivity contribution is 0.390. The molecule has 0 saturated heterocycles. The Labute approximate surface area is 115 Å². The van der Waals surface area contributed by atoms with E-state index in [2.05, 4.69) is 12.2 Å². The molecule has 1 aromatic carbocycles. The zero-order valence-corrected chi connectivity index (χ0v) is 12.0. The number of rotatable bonds is 4. The molecular weight excluding hydrogens is 240 g/mol. The van der Waals surface area contributed by atoms with E-state index in [0.717, 1.165) is 48.4 Å². The summed E-state index contributed by atoms with van der Waals surface area (Å²) >= 11 is 0. The number of nitrogens with two attached hydrogens (primary N) is 1. The summed E-state index contributed by atoms with van der Waals surface area (Å²) in [6, 6.07) is 4.81. The minimum Gasteiger partial charge on any atom is -0.497 e. The van der Waals surface area contributed by atoms with Crippen molar-refractivity contribution in [3.8, 4) is 11.5 Å². The first-order chi connectivity index (χ1) is 9.13. The number of methoxy groups -OCH3 is 2. The highest BCUT2D eigenvalue weighted by molar-refractivity contribution is 5.65. The van der Waals surface area contributed by atoms with Gasteiger partial charge >= 0.3 is 0 Å². The molecule has 0 aromatic heterocycles. The fraction of sp³-hybridized carbons (Fsp3) is 0.600. The van der Waals surface area contributed by atoms with E-state index in [1.54, 1.807) is 14.2 Å². The summed E-state index contributed by atoms with van der Waals surface area (Å²) in [7, 11) is 3.36. The van der Waals surface area contributed by atoms with Crippen molar-refractivity contribution in [3.05, 3.63) is 17.7 Å². The van der Waals surface area contributed by atoms with Gasteiger partial charge in [-0.15, -0.1) is 0 Å². The van der Waals surface area contributed by atoms with Gasteiger partial charge in [-0.3, -0.25) is 0 Å². The predicted molar refractivity (Wildman–Crippen MR) is 78.1 cm³/mol. The van der Waals surface area contributed by atoms with Gasteiger partial charge in [-0.25, -0.2) is 0 Å². The van der Waals surface area contributed by atoms with Crippen LogP contribution in [0.4, 0.5) is 5.69 Å². The lowest BCUT2D eigenvalue weighted by Gasteiger charge is -2.29. The third-order valence-electron chi connectivity index (χ3n) is 3.85. The Morgan fingerprint density at radius 1 is 1.11 bits per heavy atom. The van der Waals surface area contributed by atoms with Gasteiger partial charge in [0.15, 0.2) is 0 Å². The van der Waals surface area contributed by atoms with Gasteiger partial charge in [0, 0.05) is 18.2 Å². The first-order valence-corrected chi connectivity index (χ1v) is 6.88. The molecule has 0 unspecified atom stereocenters. The summed E-state index contributed by atoms with van der Waals surface area (Å²) in [4.78, 5) is 0. The van der Waals surface area contributed by atoms with Crippen LogP contribution in [0.1, 0.15) is 31.2 Å². The number of hydrogen-bond donors (Lipinski definition) is 2. The average molecular weight is 264 g/mol. The van der Waals surface area contributed by atoms with Gasteiger partial charge in [0.2, 0.25) is 0 Å². The molecule has 1 aliphatic carbocycles. The molecule has 0 amide bonds. The van der Waals surface area contributed by atoms with Crippen LogP contribution >= 0.6 is 0 Å². The molecule has 0 spiro atoms. The van der Waals surface area contributed by atoms with Gasteiger partial charge in [0.1, 0.15) is 11.5 Å². The lowest BCUT2D eigenvalue weighted by atomic mass is 9.91. The summed E-state index contributed by atoms with van der Waals surface area (Å²) in [5.74, 6) is 1.66. The molecule has 0 atom stereocenters. The summed E-state index contributed by atoms with van der Waals surface area (Å²) in [5.41, 5.74) is 8.16. The van der Waals surface area contributed by atoms with Gasteiger partial charge < -0.3 is 20.5 Å². The summed E-state index contributed by atoms with van der Waals surface area (Å²) in [6.07, 6.45) is 4.43. The summed E-state index contributed by atoms with van der Waals surface area (Å²) in [6.45, 7) is 2.07. The molecule has 0 aliphatic heterocycles. The Bertz CT molecular complexity index is 426. The molecule has 3 N–H and O–H groups in total. The molecule has 19 heavy (non-hydrogen) atoms. The van der Waals surface area contributed by atoms with Gasteiger partial charge in [-0.05, 0) is 44.2 Å². The van der Waals surface area contributed by atoms with Gasteiger partial charge in [0.05, 0.1) is 19.9 Å². The maximum absolute atomic E-state index is 5.95. The molecule has 0 radical (unpaired) electrons. The minimum atomic E-state index is 0.372. The molecule has 0 bridgehead atoms. The van der Waals surface area contributed by atoms with Crippen molar-refractivity contribution in [2.24, 2.45) is 5.73 Å². The second kappa shape index (κ2) is 6.15. The summed E-state index contributed by atoms with van der Waals surface area (Å²) < 4.78 is 10.7. The Hall–Kier alpha value is -1.42. The van der Waals surface area contributed by atoms with E-state index in [1.165, 1.54) is 0 Å². The molecular formula is C15H24N2O2. The number of benzene rings is 1. The van der Waals surface area contributed by atoms with Crippen molar-refractivity contribution >= 4 is 5.69 Å². The van der Waals surface area contributed by atoms with Crippen LogP contribution in [-0.2, 0) is 0 Å². The number of aryl methyl sites for hydroxylation is 1. The number of anilines is 1. The van der Waals surface area contributed by atoms with Crippen LogP contribution in [0, 0.1) is 6.92 Å². The Kier molecular flexibility index (Phi) is 4.53. The molecule has 1 aromatic rings. The van der Waals surface area contributed by atoms with Crippen molar-refractivity contribution in [1.82, 2.24) is 0 Å². The smallest absolute Gasteiger partial charge is 0.145 e. The number of nitrogens with one attached hydrogen (secondary N) is 1. The summed E-state index contributed by atoms with van der Waals surface area (Å²) in [5, 5.41) is 3.60. The predicted octanol–water partition coefficient (Wildman–Crippen LogP) is 2.69. The lowest BCUT2D eigenvalue weighted by Crippen LogP contribution is -2.33. The largest absolute Gasteiger partial charge is 0.497 e. The van der Waals surface area contributed by atoms with Crippen LogP contribution in [0.15, 0.2) is 12.1 Å². The van der Waals surface area contributed by atoms with Crippen LogP contribution in [0.2, 0.25) is 0 Å². The normalized spacial score (nSPS) is 22.9. The maximum Gasteiger partial charge on any atom is 0.145 e. The molecule has 0 heterocycles. The van der Waals surface area contributed by atoms with Crippen LogP contribution in [0.3, 0.4) is 0 Å². The zero-order chi connectivity index (χ0) is 13.8. The first-order valence-electron chi connectivity index (χ1n) is 6.88. The number of hydrogen-bond acceptors (Lipinski definition) is 4. The van der Waals surface area contributed by atoms with Gasteiger partial charge in [-0.1, -0.05) is 0 Å². The van der Waals surface area contributed by atoms with Gasteiger partial charge in [-0.2, -0.15) is 0 Å². The van der Waals surface area contributed by atoms with Crippen LogP contribution < -0.4 is 20.5 Å². The highest BCUT2D eigenvalue weighted by Crippen LogP contribution is 2.35. The standard InChI is InChI=1S/C15H24N2O2/c1-10-8-13(18-2)9-14(19-3)15(10)17-12-6-4-11(16)5-7-12/h8-9,11-12,17H,4-7,16H2,1-3H3. The van der Waals surface area contributed by atoms with Crippen LogP contribution in [-0.4, -0.2) is 26.3 Å². The SMILES string of the molecule is COc1cc(C)c(NC2CCC(N)CC2)c(OC)c1. The molecule has 106 valence electrons.